The van der Waals surface area contributed by atoms with Gasteiger partial charge in [-0.2, -0.15) is 0 Å². The molecule has 1 aromatic rings. The molecule has 1 unspecified atom stereocenters. The van der Waals surface area contributed by atoms with Crippen molar-refractivity contribution in [3.63, 3.8) is 0 Å². The maximum atomic E-state index is 14.1. The van der Waals surface area contributed by atoms with Crippen LogP contribution in [0.5, 0.6) is 0 Å². The van der Waals surface area contributed by atoms with E-state index in [1.54, 1.807) is 6.07 Å². The molecule has 1 saturated carbocycles. The normalized spacial score (nSPS) is 21.8. The number of nitrogens with one attached hydrogen (secondary N) is 1. The molecule has 0 radical (unpaired) electrons. The molecule has 0 spiro atoms. The first-order chi connectivity index (χ1) is 9.23. The van der Waals surface area contributed by atoms with Gasteiger partial charge in [0.05, 0.1) is 5.02 Å². The van der Waals surface area contributed by atoms with Crippen molar-refractivity contribution in [3.05, 3.63) is 34.6 Å². The Morgan fingerprint density at radius 1 is 1.25 bits per heavy atom. The topological polar surface area (TPSA) is 12.0 Å². The van der Waals surface area contributed by atoms with Crippen LogP contribution in [0.3, 0.4) is 0 Å². The minimum absolute atomic E-state index is 0.215. The number of rotatable bonds is 5. The van der Waals surface area contributed by atoms with Gasteiger partial charge in [0, 0.05) is 6.04 Å². The van der Waals surface area contributed by atoms with Crippen LogP contribution in [-0.2, 0) is 6.42 Å². The van der Waals surface area contributed by atoms with Crippen LogP contribution in [0.25, 0.3) is 0 Å². The lowest BCUT2D eigenvalue weighted by molar-refractivity contribution is 0.398. The summed E-state index contributed by atoms with van der Waals surface area (Å²) in [5.41, 5.74) is 1.28. The van der Waals surface area contributed by atoms with Gasteiger partial charge in [-0.3, -0.25) is 0 Å². The molecule has 0 heterocycles. The summed E-state index contributed by atoms with van der Waals surface area (Å²) in [6.45, 7) is 12.2. The zero-order valence-corrected chi connectivity index (χ0v) is 13.8. The molecule has 0 bridgehead atoms. The van der Waals surface area contributed by atoms with E-state index in [0.717, 1.165) is 6.54 Å². The summed E-state index contributed by atoms with van der Waals surface area (Å²) in [5.74, 6) is 0.279. The smallest absolute Gasteiger partial charge is 0.145 e. The molecule has 1 N–H and O–H groups in total. The van der Waals surface area contributed by atoms with Gasteiger partial charge in [0.25, 0.3) is 0 Å². The molecule has 1 aliphatic carbocycles. The maximum Gasteiger partial charge on any atom is 0.145 e. The van der Waals surface area contributed by atoms with Gasteiger partial charge >= 0.3 is 0 Å². The number of likely N-dealkylation sites (N-methyl/N-ethyl adjacent to an activating group) is 1. The minimum atomic E-state index is -0.270. The summed E-state index contributed by atoms with van der Waals surface area (Å²) in [5, 5.41) is 3.76. The third-order valence-electron chi connectivity index (χ3n) is 5.47. The van der Waals surface area contributed by atoms with Gasteiger partial charge in [-0.1, -0.05) is 58.4 Å². The van der Waals surface area contributed by atoms with Crippen LogP contribution in [-0.4, -0.2) is 12.6 Å². The van der Waals surface area contributed by atoms with Gasteiger partial charge in [0.2, 0.25) is 0 Å². The Bertz CT molecular complexity index is 482. The highest BCUT2D eigenvalue weighted by molar-refractivity contribution is 6.30. The lowest BCUT2D eigenvalue weighted by Crippen LogP contribution is -2.35. The average molecular weight is 298 g/mol. The third-order valence-corrected chi connectivity index (χ3v) is 5.76. The maximum absolute atomic E-state index is 14.1. The number of halogens is 2. The van der Waals surface area contributed by atoms with Crippen LogP contribution >= 0.6 is 11.6 Å². The number of benzene rings is 1. The Hall–Kier alpha value is -0.600. The largest absolute Gasteiger partial charge is 0.314 e. The molecule has 1 aliphatic rings. The molecule has 0 saturated heterocycles. The predicted octanol–water partition coefficient (Wildman–Crippen LogP) is 4.68. The molecular weight excluding hydrogens is 273 g/mol. The molecule has 20 heavy (non-hydrogen) atoms. The standard InChI is InChI=1S/C17H25ClFN/c1-6-20-13(15-16(2,3)17(15,4)5)10-11-8-7-9-12(18)14(11)19/h7-9,13,15,20H,6,10H2,1-5H3. The van der Waals surface area contributed by atoms with E-state index in [2.05, 4.69) is 39.9 Å². The number of hydrogen-bond donors (Lipinski definition) is 1. The average Bonchev–Trinajstić information content (AvgIpc) is 2.75. The van der Waals surface area contributed by atoms with E-state index in [-0.39, 0.29) is 27.7 Å². The Balaban J connectivity index is 2.22. The van der Waals surface area contributed by atoms with Crippen molar-refractivity contribution in [2.24, 2.45) is 16.7 Å². The molecule has 0 aromatic heterocycles. The van der Waals surface area contributed by atoms with Crippen LogP contribution in [0.4, 0.5) is 4.39 Å². The van der Waals surface area contributed by atoms with Gasteiger partial charge in [0.1, 0.15) is 5.82 Å². The molecule has 2 rings (SSSR count). The first-order valence-corrected chi connectivity index (χ1v) is 7.77. The van der Waals surface area contributed by atoms with Crippen molar-refractivity contribution >= 4 is 11.6 Å². The van der Waals surface area contributed by atoms with Crippen molar-refractivity contribution in [2.75, 3.05) is 6.54 Å². The van der Waals surface area contributed by atoms with Crippen molar-refractivity contribution in [1.82, 2.24) is 5.32 Å². The molecule has 0 amide bonds. The Kier molecular flexibility index (Phi) is 4.19. The third kappa shape index (κ3) is 2.48. The van der Waals surface area contributed by atoms with E-state index < -0.39 is 0 Å². The van der Waals surface area contributed by atoms with Gasteiger partial charge in [-0.25, -0.2) is 4.39 Å². The van der Waals surface area contributed by atoms with Crippen molar-refractivity contribution in [1.29, 1.82) is 0 Å². The Morgan fingerprint density at radius 2 is 1.85 bits per heavy atom. The second kappa shape index (κ2) is 5.31. The zero-order valence-electron chi connectivity index (χ0n) is 13.1. The first kappa shape index (κ1) is 15.8. The zero-order chi connectivity index (χ0) is 15.1. The summed E-state index contributed by atoms with van der Waals surface area (Å²) in [7, 11) is 0. The van der Waals surface area contributed by atoms with Gasteiger partial charge < -0.3 is 5.32 Å². The van der Waals surface area contributed by atoms with Crippen molar-refractivity contribution in [3.8, 4) is 0 Å². The van der Waals surface area contributed by atoms with Gasteiger partial charge in [0.15, 0.2) is 0 Å². The Morgan fingerprint density at radius 3 is 2.35 bits per heavy atom. The quantitative estimate of drug-likeness (QED) is 0.832. The van der Waals surface area contributed by atoms with Crippen LogP contribution in [0.15, 0.2) is 18.2 Å². The van der Waals surface area contributed by atoms with E-state index in [0.29, 0.717) is 17.9 Å². The van der Waals surface area contributed by atoms with Crippen molar-refractivity contribution < 1.29 is 4.39 Å². The first-order valence-electron chi connectivity index (χ1n) is 7.39. The fourth-order valence-corrected chi connectivity index (χ4v) is 3.96. The minimum Gasteiger partial charge on any atom is -0.314 e. The second-order valence-electron chi connectivity index (χ2n) is 7.00. The number of hydrogen-bond acceptors (Lipinski definition) is 1. The van der Waals surface area contributed by atoms with E-state index in [9.17, 15) is 4.39 Å². The fraction of sp³-hybridized carbons (Fsp3) is 0.647. The molecule has 1 atom stereocenters. The predicted molar refractivity (Wildman–Crippen MR) is 83.6 cm³/mol. The molecule has 112 valence electrons. The van der Waals surface area contributed by atoms with Crippen LogP contribution in [0.2, 0.25) is 5.02 Å². The highest BCUT2D eigenvalue weighted by Crippen LogP contribution is 2.69. The van der Waals surface area contributed by atoms with Crippen LogP contribution in [0.1, 0.15) is 40.2 Å². The van der Waals surface area contributed by atoms with Crippen LogP contribution < -0.4 is 5.32 Å². The van der Waals surface area contributed by atoms with Crippen molar-refractivity contribution in [2.45, 2.75) is 47.1 Å². The van der Waals surface area contributed by atoms with E-state index in [1.807, 2.05) is 12.1 Å². The van der Waals surface area contributed by atoms with E-state index >= 15 is 0 Å². The van der Waals surface area contributed by atoms with Crippen LogP contribution in [0, 0.1) is 22.6 Å². The van der Waals surface area contributed by atoms with E-state index in [1.165, 1.54) is 0 Å². The molecular formula is C17H25ClFN. The van der Waals surface area contributed by atoms with Gasteiger partial charge in [-0.15, -0.1) is 0 Å². The summed E-state index contributed by atoms with van der Waals surface area (Å²) < 4.78 is 14.1. The summed E-state index contributed by atoms with van der Waals surface area (Å²) in [6, 6.07) is 5.56. The molecule has 1 nitrogen and oxygen atoms in total. The Labute approximate surface area is 126 Å². The summed E-state index contributed by atoms with van der Waals surface area (Å²) in [4.78, 5) is 0. The SMILES string of the molecule is CCNC(Cc1cccc(Cl)c1F)C1C(C)(C)C1(C)C. The lowest BCUT2D eigenvalue weighted by Gasteiger charge is -2.21. The highest BCUT2D eigenvalue weighted by atomic mass is 35.5. The monoisotopic (exact) mass is 297 g/mol. The summed E-state index contributed by atoms with van der Waals surface area (Å²) >= 11 is 5.89. The summed E-state index contributed by atoms with van der Waals surface area (Å²) in [6.07, 6.45) is 0.692. The highest BCUT2D eigenvalue weighted by Gasteiger charge is 2.66. The van der Waals surface area contributed by atoms with E-state index in [4.69, 9.17) is 11.6 Å². The lowest BCUT2D eigenvalue weighted by atomic mass is 9.96. The second-order valence-corrected chi connectivity index (χ2v) is 7.41. The molecule has 3 heteroatoms. The van der Waals surface area contributed by atoms with Gasteiger partial charge in [-0.05, 0) is 41.3 Å². The molecule has 1 fully saturated rings. The molecule has 1 aromatic carbocycles. The fourth-order valence-electron chi connectivity index (χ4n) is 3.77. The molecule has 0 aliphatic heterocycles.